The Kier molecular flexibility index (Phi) is 5.27. The first-order valence-corrected chi connectivity index (χ1v) is 10.3. The van der Waals surface area contributed by atoms with Crippen molar-refractivity contribution in [1.29, 1.82) is 0 Å². The quantitative estimate of drug-likeness (QED) is 0.593. The van der Waals surface area contributed by atoms with Crippen molar-refractivity contribution in [2.24, 2.45) is 7.05 Å². The van der Waals surface area contributed by atoms with E-state index in [-0.39, 0.29) is 16.4 Å². The van der Waals surface area contributed by atoms with Crippen molar-refractivity contribution in [2.75, 3.05) is 25.6 Å². The fourth-order valence-electron chi connectivity index (χ4n) is 3.44. The van der Waals surface area contributed by atoms with Crippen LogP contribution in [0.4, 0.5) is 5.95 Å². The number of ether oxygens (including phenoxy) is 2. The molecule has 0 aliphatic carbocycles. The van der Waals surface area contributed by atoms with Crippen molar-refractivity contribution in [3.63, 3.8) is 0 Å². The monoisotopic (exact) mass is 417 g/mol. The van der Waals surface area contributed by atoms with E-state index in [2.05, 4.69) is 4.98 Å². The van der Waals surface area contributed by atoms with E-state index in [0.29, 0.717) is 27.9 Å². The molecule has 1 aromatic heterocycles. The minimum absolute atomic E-state index is 0.186. The number of carbonyl (C=O) groups excluding carboxylic acids is 1. The SMILES string of the molecule is COC(=O)c1cccc2c1nc(N(C)S(=O)(=O)c1c(C)cc(OC)cc1C)n2C. The van der Waals surface area contributed by atoms with E-state index >= 15 is 0 Å². The van der Waals surface area contributed by atoms with E-state index in [1.165, 1.54) is 21.3 Å². The first-order chi connectivity index (χ1) is 13.6. The van der Waals surface area contributed by atoms with Gasteiger partial charge < -0.3 is 14.0 Å². The van der Waals surface area contributed by atoms with Crippen molar-refractivity contribution in [3.8, 4) is 5.75 Å². The van der Waals surface area contributed by atoms with Gasteiger partial charge in [-0.25, -0.2) is 22.5 Å². The summed E-state index contributed by atoms with van der Waals surface area (Å²) < 4.78 is 39.6. The van der Waals surface area contributed by atoms with Crippen LogP contribution in [0.1, 0.15) is 21.5 Å². The fraction of sp³-hybridized carbons (Fsp3) is 0.300. The Hall–Kier alpha value is -3.07. The van der Waals surface area contributed by atoms with Gasteiger partial charge in [-0.1, -0.05) is 6.07 Å². The van der Waals surface area contributed by atoms with Gasteiger partial charge >= 0.3 is 5.97 Å². The predicted octanol–water partition coefficient (Wildman–Crippen LogP) is 2.81. The van der Waals surface area contributed by atoms with Crippen LogP contribution in [0.5, 0.6) is 5.75 Å². The van der Waals surface area contributed by atoms with Crippen LogP contribution in [-0.2, 0) is 21.8 Å². The Morgan fingerprint density at radius 3 is 2.31 bits per heavy atom. The summed E-state index contributed by atoms with van der Waals surface area (Å²) in [5.41, 5.74) is 2.41. The molecule has 1 heterocycles. The molecule has 9 heteroatoms. The molecule has 0 spiro atoms. The minimum Gasteiger partial charge on any atom is -0.497 e. The molecule has 0 radical (unpaired) electrons. The number of benzene rings is 2. The maximum absolute atomic E-state index is 13.4. The van der Waals surface area contributed by atoms with Crippen LogP contribution in [0, 0.1) is 13.8 Å². The van der Waals surface area contributed by atoms with Crippen molar-refractivity contribution < 1.29 is 22.7 Å². The molecule has 2 aromatic carbocycles. The highest BCUT2D eigenvalue weighted by atomic mass is 32.2. The van der Waals surface area contributed by atoms with E-state index in [1.54, 1.807) is 55.8 Å². The molecule has 154 valence electrons. The Labute approximate surface area is 169 Å². The number of sulfonamides is 1. The predicted molar refractivity (Wildman–Crippen MR) is 110 cm³/mol. The van der Waals surface area contributed by atoms with E-state index in [0.717, 1.165) is 4.31 Å². The van der Waals surface area contributed by atoms with Gasteiger partial charge in [0, 0.05) is 14.1 Å². The molecule has 0 unspecified atom stereocenters. The normalized spacial score (nSPS) is 11.5. The zero-order chi connectivity index (χ0) is 21.5. The standard InChI is InChI=1S/C20H23N3O5S/c1-12-10-14(27-5)11-13(2)18(12)29(25,26)23(4)20-21-17-15(19(24)28-6)8-7-9-16(17)22(20)3/h7-11H,1-6H3. The van der Waals surface area contributed by atoms with Crippen molar-refractivity contribution in [1.82, 2.24) is 9.55 Å². The molecule has 0 saturated carbocycles. The maximum Gasteiger partial charge on any atom is 0.340 e. The molecular formula is C20H23N3O5S. The Balaban J connectivity index is 2.18. The van der Waals surface area contributed by atoms with E-state index < -0.39 is 16.0 Å². The van der Waals surface area contributed by atoms with Crippen molar-refractivity contribution >= 4 is 33.0 Å². The smallest absolute Gasteiger partial charge is 0.340 e. The second-order valence-corrected chi connectivity index (χ2v) is 8.60. The molecule has 0 atom stereocenters. The van der Waals surface area contributed by atoms with Gasteiger partial charge in [0.25, 0.3) is 10.0 Å². The summed E-state index contributed by atoms with van der Waals surface area (Å²) >= 11 is 0. The third-order valence-electron chi connectivity index (χ3n) is 4.86. The molecule has 3 rings (SSSR count). The molecule has 0 amide bonds. The summed E-state index contributed by atoms with van der Waals surface area (Å²) in [7, 11) is 2.06. The van der Waals surface area contributed by atoms with Gasteiger partial charge in [-0.3, -0.25) is 0 Å². The molecule has 0 N–H and O–H groups in total. The van der Waals surface area contributed by atoms with Crippen LogP contribution in [-0.4, -0.2) is 45.2 Å². The third-order valence-corrected chi connectivity index (χ3v) is 6.91. The third kappa shape index (κ3) is 3.31. The lowest BCUT2D eigenvalue weighted by Gasteiger charge is -2.21. The van der Waals surface area contributed by atoms with E-state index in [4.69, 9.17) is 9.47 Å². The Morgan fingerprint density at radius 1 is 1.14 bits per heavy atom. The summed E-state index contributed by atoms with van der Waals surface area (Å²) in [4.78, 5) is 16.7. The van der Waals surface area contributed by atoms with Gasteiger partial charge in [-0.2, -0.15) is 0 Å². The summed E-state index contributed by atoms with van der Waals surface area (Å²) in [5.74, 6) is 0.241. The molecular weight excluding hydrogens is 394 g/mol. The van der Waals surface area contributed by atoms with Gasteiger partial charge in [0.15, 0.2) is 0 Å². The largest absolute Gasteiger partial charge is 0.497 e. The summed E-state index contributed by atoms with van der Waals surface area (Å²) in [6.45, 7) is 3.45. The van der Waals surface area contributed by atoms with Crippen molar-refractivity contribution in [2.45, 2.75) is 18.7 Å². The highest BCUT2D eigenvalue weighted by Crippen LogP contribution is 2.31. The number of para-hydroxylation sites is 1. The van der Waals surface area contributed by atoms with Crippen LogP contribution in [0.2, 0.25) is 0 Å². The number of rotatable bonds is 5. The number of fused-ring (bicyclic) bond motifs is 1. The maximum atomic E-state index is 13.4. The molecule has 0 saturated heterocycles. The number of aryl methyl sites for hydroxylation is 3. The number of hydrogen-bond donors (Lipinski definition) is 0. The summed E-state index contributed by atoms with van der Waals surface area (Å²) in [5, 5.41) is 0. The van der Waals surface area contributed by atoms with Crippen LogP contribution in [0.15, 0.2) is 35.2 Å². The molecule has 0 fully saturated rings. The molecule has 3 aromatic rings. The van der Waals surface area contributed by atoms with Gasteiger partial charge in [-0.15, -0.1) is 0 Å². The summed E-state index contributed by atoms with van der Waals surface area (Å²) in [6.07, 6.45) is 0. The first kappa shape index (κ1) is 20.7. The first-order valence-electron chi connectivity index (χ1n) is 8.81. The number of hydrogen-bond acceptors (Lipinski definition) is 6. The Bertz CT molecular complexity index is 1190. The lowest BCUT2D eigenvalue weighted by Crippen LogP contribution is -2.30. The number of imidazole rings is 1. The van der Waals surface area contributed by atoms with Gasteiger partial charge in [0.1, 0.15) is 11.3 Å². The zero-order valence-electron chi connectivity index (χ0n) is 17.2. The summed E-state index contributed by atoms with van der Waals surface area (Å²) in [6, 6.07) is 8.42. The van der Waals surface area contributed by atoms with Crippen molar-refractivity contribution in [3.05, 3.63) is 47.0 Å². The highest BCUT2D eigenvalue weighted by molar-refractivity contribution is 7.92. The molecule has 8 nitrogen and oxygen atoms in total. The minimum atomic E-state index is -3.91. The number of esters is 1. The van der Waals surface area contributed by atoms with Crippen LogP contribution >= 0.6 is 0 Å². The van der Waals surface area contributed by atoms with Gasteiger partial charge in [0.2, 0.25) is 5.95 Å². The number of anilines is 1. The lowest BCUT2D eigenvalue weighted by molar-refractivity contribution is 0.0603. The highest BCUT2D eigenvalue weighted by Gasteiger charge is 2.29. The van der Waals surface area contributed by atoms with E-state index in [1.807, 2.05) is 0 Å². The number of carbonyl (C=O) groups is 1. The lowest BCUT2D eigenvalue weighted by atomic mass is 10.1. The van der Waals surface area contributed by atoms with Gasteiger partial charge in [-0.05, 0) is 49.2 Å². The second-order valence-electron chi connectivity index (χ2n) is 6.70. The van der Waals surface area contributed by atoms with Crippen LogP contribution < -0.4 is 9.04 Å². The topological polar surface area (TPSA) is 90.7 Å². The zero-order valence-corrected chi connectivity index (χ0v) is 18.0. The molecule has 0 bridgehead atoms. The van der Waals surface area contributed by atoms with Gasteiger partial charge in [0.05, 0.1) is 30.2 Å². The number of methoxy groups -OCH3 is 2. The number of aromatic nitrogens is 2. The van der Waals surface area contributed by atoms with Crippen LogP contribution in [0.3, 0.4) is 0 Å². The number of nitrogens with zero attached hydrogens (tertiary/aromatic N) is 3. The average molecular weight is 417 g/mol. The Morgan fingerprint density at radius 2 is 1.76 bits per heavy atom. The second kappa shape index (κ2) is 7.40. The molecule has 0 aliphatic rings. The fourth-order valence-corrected chi connectivity index (χ4v) is 5.02. The molecule has 0 aliphatic heterocycles. The van der Waals surface area contributed by atoms with E-state index in [9.17, 15) is 13.2 Å². The van der Waals surface area contributed by atoms with Crippen LogP contribution in [0.25, 0.3) is 11.0 Å². The molecule has 29 heavy (non-hydrogen) atoms. The average Bonchev–Trinajstić information content (AvgIpc) is 3.02.